The molecule has 1 saturated carbocycles. The second-order valence-corrected chi connectivity index (χ2v) is 5.30. The summed E-state index contributed by atoms with van der Waals surface area (Å²) in [5.74, 6) is 0.307. The quantitative estimate of drug-likeness (QED) is 0.867. The van der Waals surface area contributed by atoms with Crippen LogP contribution in [0.1, 0.15) is 30.7 Å². The Morgan fingerprint density at radius 3 is 3.22 bits per heavy atom. The van der Waals surface area contributed by atoms with Gasteiger partial charge in [-0.05, 0) is 38.3 Å². The van der Waals surface area contributed by atoms with E-state index in [1.807, 2.05) is 13.0 Å². The Morgan fingerprint density at radius 2 is 2.33 bits per heavy atom. The number of nitrogens with zero attached hydrogens (tertiary/aromatic N) is 2. The van der Waals surface area contributed by atoms with Crippen LogP contribution >= 0.6 is 0 Å². The molecule has 4 nitrogen and oxygen atoms in total. The molecule has 1 aliphatic carbocycles. The molecule has 1 aromatic heterocycles. The minimum Gasteiger partial charge on any atom is -0.506 e. The van der Waals surface area contributed by atoms with Crippen LogP contribution in [-0.4, -0.2) is 40.3 Å². The summed E-state index contributed by atoms with van der Waals surface area (Å²) in [4.78, 5) is 6.87. The Labute approximate surface area is 108 Å². The van der Waals surface area contributed by atoms with Crippen LogP contribution in [0, 0.1) is 6.92 Å². The van der Waals surface area contributed by atoms with Gasteiger partial charge in [0.2, 0.25) is 0 Å². The van der Waals surface area contributed by atoms with Crippen molar-refractivity contribution in [1.29, 1.82) is 0 Å². The van der Waals surface area contributed by atoms with Crippen molar-refractivity contribution in [3.63, 3.8) is 0 Å². The molecule has 2 aliphatic rings. The summed E-state index contributed by atoms with van der Waals surface area (Å²) in [6.07, 6.45) is 4.02. The molecule has 4 heteroatoms. The van der Waals surface area contributed by atoms with Crippen LogP contribution in [0.4, 0.5) is 0 Å². The van der Waals surface area contributed by atoms with Gasteiger partial charge in [-0.25, -0.2) is 0 Å². The van der Waals surface area contributed by atoms with E-state index in [0.717, 1.165) is 31.1 Å². The third kappa shape index (κ3) is 2.22. The highest BCUT2D eigenvalue weighted by atomic mass is 16.5. The lowest BCUT2D eigenvalue weighted by atomic mass is 10.1. The van der Waals surface area contributed by atoms with Crippen LogP contribution in [0.25, 0.3) is 0 Å². The van der Waals surface area contributed by atoms with Crippen molar-refractivity contribution < 1.29 is 9.84 Å². The molecule has 2 atom stereocenters. The minimum absolute atomic E-state index is 0.307. The molecule has 0 amide bonds. The Kier molecular flexibility index (Phi) is 3.22. The lowest BCUT2D eigenvalue weighted by Crippen LogP contribution is -2.47. The molecule has 3 rings (SSSR count). The van der Waals surface area contributed by atoms with Gasteiger partial charge in [0, 0.05) is 24.8 Å². The van der Waals surface area contributed by atoms with E-state index in [4.69, 9.17) is 4.74 Å². The number of morpholine rings is 1. The van der Waals surface area contributed by atoms with Gasteiger partial charge in [-0.2, -0.15) is 0 Å². The van der Waals surface area contributed by atoms with Gasteiger partial charge in [-0.3, -0.25) is 9.88 Å². The average molecular weight is 248 g/mol. The molecule has 98 valence electrons. The molecule has 0 spiro atoms. The zero-order chi connectivity index (χ0) is 12.5. The molecule has 18 heavy (non-hydrogen) atoms. The fourth-order valence-corrected chi connectivity index (χ4v) is 3.11. The van der Waals surface area contributed by atoms with Crippen molar-refractivity contribution in [2.45, 2.75) is 44.9 Å². The molecule has 1 aromatic rings. The molecule has 0 aromatic carbocycles. The highest BCUT2D eigenvalue weighted by Gasteiger charge is 2.36. The lowest BCUT2D eigenvalue weighted by Gasteiger charge is -2.37. The first-order chi connectivity index (χ1) is 8.74. The van der Waals surface area contributed by atoms with Crippen molar-refractivity contribution >= 4 is 0 Å². The zero-order valence-electron chi connectivity index (χ0n) is 10.8. The molecule has 2 unspecified atom stereocenters. The number of hydrogen-bond donors (Lipinski definition) is 1. The lowest BCUT2D eigenvalue weighted by molar-refractivity contribution is -0.0594. The number of hydrogen-bond acceptors (Lipinski definition) is 4. The maximum atomic E-state index is 9.89. The van der Waals surface area contributed by atoms with Crippen molar-refractivity contribution in [3.8, 4) is 5.75 Å². The van der Waals surface area contributed by atoms with Crippen molar-refractivity contribution in [2.75, 3.05) is 13.2 Å². The first-order valence-corrected chi connectivity index (χ1v) is 6.75. The topological polar surface area (TPSA) is 45.6 Å². The van der Waals surface area contributed by atoms with Crippen LogP contribution in [-0.2, 0) is 11.3 Å². The van der Waals surface area contributed by atoms with E-state index in [9.17, 15) is 5.11 Å². The Balaban J connectivity index is 1.77. The maximum Gasteiger partial charge on any atom is 0.138 e. The average Bonchev–Trinajstić information content (AvgIpc) is 2.83. The SMILES string of the molecule is Cc1ccc(O)c(CN2CCOC3CCCC32)n1. The monoisotopic (exact) mass is 248 g/mol. The van der Waals surface area contributed by atoms with E-state index >= 15 is 0 Å². The number of rotatable bonds is 2. The largest absolute Gasteiger partial charge is 0.506 e. The van der Waals surface area contributed by atoms with E-state index in [0.29, 0.717) is 17.9 Å². The van der Waals surface area contributed by atoms with Crippen LogP contribution in [0.3, 0.4) is 0 Å². The van der Waals surface area contributed by atoms with E-state index < -0.39 is 0 Å². The van der Waals surface area contributed by atoms with Gasteiger partial charge in [0.05, 0.1) is 18.4 Å². The third-order valence-electron chi connectivity index (χ3n) is 4.04. The molecule has 1 aliphatic heterocycles. The Morgan fingerprint density at radius 1 is 1.44 bits per heavy atom. The first kappa shape index (κ1) is 11.9. The number of fused-ring (bicyclic) bond motifs is 1. The second kappa shape index (κ2) is 4.86. The highest BCUT2D eigenvalue weighted by molar-refractivity contribution is 5.27. The van der Waals surface area contributed by atoms with Crippen molar-refractivity contribution in [2.24, 2.45) is 0 Å². The van der Waals surface area contributed by atoms with Gasteiger partial charge < -0.3 is 9.84 Å². The second-order valence-electron chi connectivity index (χ2n) is 5.30. The van der Waals surface area contributed by atoms with Gasteiger partial charge >= 0.3 is 0 Å². The van der Waals surface area contributed by atoms with Crippen LogP contribution < -0.4 is 0 Å². The van der Waals surface area contributed by atoms with Crippen molar-refractivity contribution in [1.82, 2.24) is 9.88 Å². The normalized spacial score (nSPS) is 28.3. The Bertz CT molecular complexity index is 436. The summed E-state index contributed by atoms with van der Waals surface area (Å²) in [5, 5.41) is 9.89. The molecular weight excluding hydrogens is 228 g/mol. The zero-order valence-corrected chi connectivity index (χ0v) is 10.8. The van der Waals surface area contributed by atoms with E-state index in [1.165, 1.54) is 19.3 Å². The number of pyridine rings is 1. The fourth-order valence-electron chi connectivity index (χ4n) is 3.11. The van der Waals surface area contributed by atoms with Crippen LogP contribution in [0.5, 0.6) is 5.75 Å². The van der Waals surface area contributed by atoms with Gasteiger partial charge in [-0.15, -0.1) is 0 Å². The summed E-state index contributed by atoms with van der Waals surface area (Å²) < 4.78 is 5.80. The number of aryl methyl sites for hydroxylation is 1. The molecule has 0 radical (unpaired) electrons. The summed E-state index contributed by atoms with van der Waals surface area (Å²) in [5.41, 5.74) is 1.75. The van der Waals surface area contributed by atoms with Crippen LogP contribution in [0.2, 0.25) is 0 Å². The molecular formula is C14H20N2O2. The summed E-state index contributed by atoms with van der Waals surface area (Å²) in [7, 11) is 0. The number of aromatic hydroxyl groups is 1. The van der Waals surface area contributed by atoms with Gasteiger partial charge in [0.15, 0.2) is 0 Å². The fraction of sp³-hybridized carbons (Fsp3) is 0.643. The smallest absolute Gasteiger partial charge is 0.138 e. The predicted octanol–water partition coefficient (Wildman–Crippen LogP) is 1.85. The highest BCUT2D eigenvalue weighted by Crippen LogP contribution is 2.31. The van der Waals surface area contributed by atoms with Gasteiger partial charge in [0.1, 0.15) is 5.75 Å². The molecule has 0 bridgehead atoms. The molecule has 1 N–H and O–H groups in total. The van der Waals surface area contributed by atoms with Gasteiger partial charge in [0.25, 0.3) is 0 Å². The third-order valence-corrected chi connectivity index (χ3v) is 4.04. The first-order valence-electron chi connectivity index (χ1n) is 6.75. The van der Waals surface area contributed by atoms with Crippen LogP contribution in [0.15, 0.2) is 12.1 Å². The molecule has 2 fully saturated rings. The number of ether oxygens (including phenoxy) is 1. The molecule has 1 saturated heterocycles. The molecule has 2 heterocycles. The number of aromatic nitrogens is 1. The summed E-state index contributed by atoms with van der Waals surface area (Å²) in [6, 6.07) is 4.10. The predicted molar refractivity (Wildman–Crippen MR) is 68.4 cm³/mol. The van der Waals surface area contributed by atoms with Gasteiger partial charge in [-0.1, -0.05) is 0 Å². The van der Waals surface area contributed by atoms with E-state index in [1.54, 1.807) is 6.07 Å². The summed E-state index contributed by atoms with van der Waals surface area (Å²) >= 11 is 0. The van der Waals surface area contributed by atoms with E-state index in [2.05, 4.69) is 9.88 Å². The maximum absolute atomic E-state index is 9.89. The summed E-state index contributed by atoms with van der Waals surface area (Å²) in [6.45, 7) is 4.43. The standard InChI is InChI=1S/C14H20N2O2/c1-10-5-6-13(17)11(15-10)9-16-7-8-18-14-4-2-3-12(14)16/h5-6,12,14,17H,2-4,7-9H2,1H3. The van der Waals surface area contributed by atoms with E-state index in [-0.39, 0.29) is 0 Å². The minimum atomic E-state index is 0.307. The van der Waals surface area contributed by atoms with Crippen molar-refractivity contribution in [3.05, 3.63) is 23.5 Å². The Hall–Kier alpha value is -1.13.